The number of fused-ring (bicyclic) bond motifs is 2. The Morgan fingerprint density at radius 3 is 2.36 bits per heavy atom. The minimum absolute atomic E-state index is 0.0175. The number of hydrogen-bond acceptors (Lipinski definition) is 4. The summed E-state index contributed by atoms with van der Waals surface area (Å²) in [6.45, 7) is 7.35. The number of carbonyl (C=O) groups is 2. The third-order valence-corrected chi connectivity index (χ3v) is 9.15. The lowest BCUT2D eigenvalue weighted by Crippen LogP contribution is -2.49. The fourth-order valence-corrected chi connectivity index (χ4v) is 7.48. The molecule has 2 bridgehead atoms. The Labute approximate surface area is 150 Å². The molecular weight excluding hydrogens is 340 g/mol. The first-order valence-corrected chi connectivity index (χ1v) is 11.0. The van der Waals surface area contributed by atoms with Crippen LogP contribution in [0.25, 0.3) is 0 Å². The summed E-state index contributed by atoms with van der Waals surface area (Å²) in [5.74, 6) is 0.302. The van der Waals surface area contributed by atoms with Crippen molar-refractivity contribution in [1.82, 2.24) is 9.62 Å². The zero-order chi connectivity index (χ0) is 18.5. The molecule has 1 N–H and O–H groups in total. The van der Waals surface area contributed by atoms with E-state index < -0.39 is 15.4 Å². The van der Waals surface area contributed by atoms with Gasteiger partial charge in [-0.15, -0.1) is 0 Å². The molecule has 2 atom stereocenters. The van der Waals surface area contributed by atoms with Crippen molar-refractivity contribution >= 4 is 21.7 Å². The minimum Gasteiger partial charge on any atom is -0.356 e. The lowest BCUT2D eigenvalue weighted by Gasteiger charge is -2.39. The van der Waals surface area contributed by atoms with Gasteiger partial charge in [0, 0.05) is 37.4 Å². The third kappa shape index (κ3) is 2.93. The van der Waals surface area contributed by atoms with Crippen LogP contribution in [0, 0.1) is 22.7 Å². The fourth-order valence-electron chi connectivity index (χ4n) is 5.23. The molecule has 1 heterocycles. The standard InChI is InChI=1S/C18H30N2O4S/c1-4-19-16(22)13-6-9-20(10-7-13)25(23,24)12-18-8-5-14(11-15(18)21)17(18,2)3/h13-14H,4-12H2,1-3H3,(H,19,22)/t14-,18-/m0/s1. The van der Waals surface area contributed by atoms with Gasteiger partial charge in [-0.2, -0.15) is 0 Å². The van der Waals surface area contributed by atoms with Crippen molar-refractivity contribution in [3.05, 3.63) is 0 Å². The van der Waals surface area contributed by atoms with Crippen molar-refractivity contribution in [2.45, 2.75) is 52.9 Å². The van der Waals surface area contributed by atoms with Gasteiger partial charge in [-0.25, -0.2) is 12.7 Å². The van der Waals surface area contributed by atoms with Crippen LogP contribution in [0.3, 0.4) is 0 Å². The summed E-state index contributed by atoms with van der Waals surface area (Å²) < 4.78 is 27.6. The van der Waals surface area contributed by atoms with Crippen molar-refractivity contribution in [1.29, 1.82) is 0 Å². The highest BCUT2D eigenvalue weighted by molar-refractivity contribution is 7.89. The number of sulfonamides is 1. The smallest absolute Gasteiger partial charge is 0.223 e. The average molecular weight is 371 g/mol. The molecule has 0 radical (unpaired) electrons. The van der Waals surface area contributed by atoms with E-state index in [1.165, 1.54) is 4.31 Å². The summed E-state index contributed by atoms with van der Waals surface area (Å²) in [7, 11) is -3.50. The number of carbonyl (C=O) groups excluding carboxylic acids is 2. The summed E-state index contributed by atoms with van der Waals surface area (Å²) in [6, 6.07) is 0. The molecule has 2 aliphatic carbocycles. The summed E-state index contributed by atoms with van der Waals surface area (Å²) in [5, 5.41) is 2.81. The van der Waals surface area contributed by atoms with E-state index in [4.69, 9.17) is 0 Å². The molecule has 0 aromatic carbocycles. The second-order valence-electron chi connectivity index (χ2n) is 8.49. The zero-order valence-corrected chi connectivity index (χ0v) is 16.3. The van der Waals surface area contributed by atoms with E-state index in [9.17, 15) is 18.0 Å². The first-order valence-electron chi connectivity index (χ1n) is 9.43. The number of hydrogen-bond donors (Lipinski definition) is 1. The Balaban J connectivity index is 1.70. The maximum atomic E-state index is 13.0. The van der Waals surface area contributed by atoms with Crippen LogP contribution in [0.2, 0.25) is 0 Å². The molecule has 1 saturated heterocycles. The summed E-state index contributed by atoms with van der Waals surface area (Å²) in [5.41, 5.74) is -0.955. The van der Waals surface area contributed by atoms with Gasteiger partial charge in [0.15, 0.2) is 0 Å². The Kier molecular flexibility index (Phi) is 4.77. The molecule has 0 unspecified atom stereocenters. The van der Waals surface area contributed by atoms with Crippen LogP contribution >= 0.6 is 0 Å². The molecule has 7 heteroatoms. The van der Waals surface area contributed by atoms with E-state index in [0.717, 1.165) is 6.42 Å². The van der Waals surface area contributed by atoms with E-state index in [1.807, 2.05) is 6.92 Å². The van der Waals surface area contributed by atoms with Crippen LogP contribution in [0.1, 0.15) is 52.9 Å². The number of nitrogens with one attached hydrogen (secondary N) is 1. The zero-order valence-electron chi connectivity index (χ0n) is 15.5. The predicted octanol–water partition coefficient (Wildman–Crippen LogP) is 1.56. The van der Waals surface area contributed by atoms with Crippen LogP contribution in [-0.2, 0) is 19.6 Å². The highest BCUT2D eigenvalue weighted by Crippen LogP contribution is 2.64. The topological polar surface area (TPSA) is 83.6 Å². The van der Waals surface area contributed by atoms with Gasteiger partial charge in [0.25, 0.3) is 0 Å². The lowest BCUT2D eigenvalue weighted by atomic mass is 9.70. The molecule has 0 spiro atoms. The Hall–Kier alpha value is -0.950. The third-order valence-electron chi connectivity index (χ3n) is 7.14. The first-order chi connectivity index (χ1) is 11.6. The quantitative estimate of drug-likeness (QED) is 0.796. The Morgan fingerprint density at radius 2 is 1.88 bits per heavy atom. The van der Waals surface area contributed by atoms with Crippen LogP contribution < -0.4 is 5.32 Å². The maximum absolute atomic E-state index is 13.0. The van der Waals surface area contributed by atoms with Crippen LogP contribution in [0.15, 0.2) is 0 Å². The predicted molar refractivity (Wildman–Crippen MR) is 95.3 cm³/mol. The minimum atomic E-state index is -3.50. The molecule has 1 aliphatic heterocycles. The van der Waals surface area contributed by atoms with E-state index in [0.29, 0.717) is 51.2 Å². The van der Waals surface area contributed by atoms with Crippen molar-refractivity contribution in [3.63, 3.8) is 0 Å². The second-order valence-corrected chi connectivity index (χ2v) is 10.5. The van der Waals surface area contributed by atoms with Crippen molar-refractivity contribution in [3.8, 4) is 0 Å². The van der Waals surface area contributed by atoms with Crippen LogP contribution in [-0.4, -0.2) is 49.8 Å². The normalized spacial score (nSPS) is 32.9. The molecule has 2 saturated carbocycles. The number of Topliss-reactive ketones (excluding diaryl/α,β-unsaturated/α-hetero) is 1. The average Bonchev–Trinajstić information content (AvgIpc) is 2.89. The molecule has 0 aromatic heterocycles. The Bertz CT molecular complexity index is 665. The van der Waals surface area contributed by atoms with E-state index in [1.54, 1.807) is 0 Å². The van der Waals surface area contributed by atoms with Gasteiger partial charge in [0.2, 0.25) is 15.9 Å². The van der Waals surface area contributed by atoms with Gasteiger partial charge in [-0.05, 0) is 43.9 Å². The highest BCUT2D eigenvalue weighted by atomic mass is 32.2. The fraction of sp³-hybridized carbons (Fsp3) is 0.889. The van der Waals surface area contributed by atoms with Crippen molar-refractivity contribution in [2.75, 3.05) is 25.4 Å². The van der Waals surface area contributed by atoms with Crippen LogP contribution in [0.4, 0.5) is 0 Å². The number of amides is 1. The molecule has 0 aromatic rings. The first kappa shape index (κ1) is 18.8. The monoisotopic (exact) mass is 370 g/mol. The highest BCUT2D eigenvalue weighted by Gasteiger charge is 2.65. The van der Waals surface area contributed by atoms with Gasteiger partial charge in [-0.1, -0.05) is 13.8 Å². The van der Waals surface area contributed by atoms with Gasteiger partial charge < -0.3 is 5.32 Å². The Morgan fingerprint density at radius 1 is 1.24 bits per heavy atom. The van der Waals surface area contributed by atoms with E-state index in [2.05, 4.69) is 19.2 Å². The summed E-state index contributed by atoms with van der Waals surface area (Å²) >= 11 is 0. The van der Waals surface area contributed by atoms with Gasteiger partial charge in [-0.3, -0.25) is 9.59 Å². The van der Waals surface area contributed by atoms with Crippen molar-refractivity contribution < 1.29 is 18.0 Å². The molecular formula is C18H30N2O4S. The molecule has 3 fully saturated rings. The SMILES string of the molecule is CCNC(=O)C1CCN(S(=O)(=O)C[C@@]23CC[C@@H](CC2=O)C3(C)C)CC1. The van der Waals surface area contributed by atoms with Gasteiger partial charge in [0.1, 0.15) is 5.78 Å². The number of rotatable bonds is 5. The summed E-state index contributed by atoms with van der Waals surface area (Å²) in [4.78, 5) is 24.6. The van der Waals surface area contributed by atoms with Crippen molar-refractivity contribution in [2.24, 2.45) is 22.7 Å². The molecule has 3 rings (SSSR count). The number of ketones is 1. The number of piperidine rings is 1. The second kappa shape index (κ2) is 6.34. The summed E-state index contributed by atoms with van der Waals surface area (Å²) in [6.07, 6.45) is 3.28. The molecule has 1 amide bonds. The molecule has 3 aliphatic rings. The number of nitrogens with zero attached hydrogens (tertiary/aromatic N) is 1. The van der Waals surface area contributed by atoms with Crippen LogP contribution in [0.5, 0.6) is 0 Å². The van der Waals surface area contributed by atoms with Gasteiger partial charge in [0.05, 0.1) is 5.75 Å². The molecule has 6 nitrogen and oxygen atoms in total. The van der Waals surface area contributed by atoms with Gasteiger partial charge >= 0.3 is 0 Å². The largest absolute Gasteiger partial charge is 0.356 e. The maximum Gasteiger partial charge on any atom is 0.223 e. The van der Waals surface area contributed by atoms with E-state index in [-0.39, 0.29) is 28.8 Å². The van der Waals surface area contributed by atoms with E-state index >= 15 is 0 Å². The molecule has 142 valence electrons. The lowest BCUT2D eigenvalue weighted by molar-refractivity contribution is -0.128. The molecule has 25 heavy (non-hydrogen) atoms.